The molecular formula is C35H35N5O4. The Morgan fingerprint density at radius 1 is 0.818 bits per heavy atom. The smallest absolute Gasteiger partial charge is 0.258 e. The molecule has 1 aliphatic rings. The molecule has 1 aromatic heterocycles. The van der Waals surface area contributed by atoms with Gasteiger partial charge in [0, 0.05) is 76.3 Å². The molecule has 1 saturated heterocycles. The number of nitrogens with one attached hydrogen (secondary N) is 3. The van der Waals surface area contributed by atoms with Gasteiger partial charge in [0.15, 0.2) is 0 Å². The van der Waals surface area contributed by atoms with Crippen molar-refractivity contribution in [2.45, 2.75) is 18.9 Å². The first-order valence-corrected chi connectivity index (χ1v) is 14.8. The number of carbonyl (C=O) groups is 2. The summed E-state index contributed by atoms with van der Waals surface area (Å²) in [5, 5.41) is 26.6. The topological polar surface area (TPSA) is 121 Å². The highest BCUT2D eigenvalue weighted by Gasteiger charge is 2.19. The number of anilines is 5. The second-order valence-corrected chi connectivity index (χ2v) is 10.9. The van der Waals surface area contributed by atoms with E-state index in [-0.39, 0.29) is 31.1 Å². The second-order valence-electron chi connectivity index (χ2n) is 10.9. The van der Waals surface area contributed by atoms with Crippen LogP contribution in [0, 0.1) is 0 Å². The van der Waals surface area contributed by atoms with Crippen LogP contribution in [0.15, 0.2) is 103 Å². The van der Waals surface area contributed by atoms with Gasteiger partial charge in [-0.3, -0.25) is 9.59 Å². The van der Waals surface area contributed by atoms with Gasteiger partial charge in [-0.1, -0.05) is 0 Å². The fraction of sp³-hybridized carbons (Fsp3) is 0.200. The first-order chi connectivity index (χ1) is 21.5. The first-order valence-electron chi connectivity index (χ1n) is 14.8. The van der Waals surface area contributed by atoms with Crippen LogP contribution in [0.2, 0.25) is 0 Å². The van der Waals surface area contributed by atoms with Crippen LogP contribution in [0.3, 0.4) is 0 Å². The summed E-state index contributed by atoms with van der Waals surface area (Å²) in [6, 6.07) is 29.9. The van der Waals surface area contributed by atoms with Gasteiger partial charge in [0.2, 0.25) is 0 Å². The number of H-pyrrole nitrogens is 1. The molecule has 44 heavy (non-hydrogen) atoms. The van der Waals surface area contributed by atoms with Gasteiger partial charge in [-0.05, 0) is 110 Å². The molecule has 9 nitrogen and oxygen atoms in total. The molecule has 6 rings (SSSR count). The normalized spacial score (nSPS) is 13.5. The van der Waals surface area contributed by atoms with Gasteiger partial charge in [-0.2, -0.15) is 0 Å². The Hall–Kier alpha value is -5.12. The van der Waals surface area contributed by atoms with Crippen molar-refractivity contribution in [3.63, 3.8) is 0 Å². The summed E-state index contributed by atoms with van der Waals surface area (Å²) in [5.74, 6) is -0.365. The van der Waals surface area contributed by atoms with Crippen LogP contribution in [0.5, 0.6) is 0 Å². The Bertz CT molecular complexity index is 1720. The molecule has 0 bridgehead atoms. The lowest BCUT2D eigenvalue weighted by Crippen LogP contribution is -2.35. The molecule has 1 aliphatic heterocycles. The van der Waals surface area contributed by atoms with Crippen LogP contribution in [0.25, 0.3) is 10.9 Å². The number of nitrogens with zero attached hydrogens (tertiary/aromatic N) is 2. The van der Waals surface area contributed by atoms with E-state index in [0.29, 0.717) is 22.5 Å². The Morgan fingerprint density at radius 2 is 1.45 bits per heavy atom. The number of aliphatic hydroxyl groups excluding tert-OH is 2. The van der Waals surface area contributed by atoms with Gasteiger partial charge in [-0.25, -0.2) is 0 Å². The van der Waals surface area contributed by atoms with E-state index in [0.717, 1.165) is 53.9 Å². The molecule has 0 radical (unpaired) electrons. The largest absolute Gasteiger partial charge is 0.395 e. The Balaban J connectivity index is 1.06. The minimum absolute atomic E-state index is 0.156. The predicted molar refractivity (Wildman–Crippen MR) is 175 cm³/mol. The van der Waals surface area contributed by atoms with E-state index in [1.807, 2.05) is 97.2 Å². The summed E-state index contributed by atoms with van der Waals surface area (Å²) in [4.78, 5) is 33.1. The predicted octanol–water partition coefficient (Wildman–Crippen LogP) is 5.76. The van der Waals surface area contributed by atoms with E-state index in [1.54, 1.807) is 11.0 Å². The van der Waals surface area contributed by atoms with E-state index < -0.39 is 0 Å². The van der Waals surface area contributed by atoms with Crippen molar-refractivity contribution in [1.82, 2.24) is 4.98 Å². The molecule has 0 saturated carbocycles. The maximum atomic E-state index is 13.3. The van der Waals surface area contributed by atoms with E-state index in [9.17, 15) is 19.8 Å². The number of piperidine rings is 1. The molecule has 4 aromatic carbocycles. The fourth-order valence-corrected chi connectivity index (χ4v) is 5.47. The third-order valence-electron chi connectivity index (χ3n) is 7.94. The molecular weight excluding hydrogens is 554 g/mol. The third-order valence-corrected chi connectivity index (χ3v) is 7.94. The molecule has 2 heterocycles. The Kier molecular flexibility index (Phi) is 8.58. The molecule has 5 N–H and O–H groups in total. The highest BCUT2D eigenvalue weighted by molar-refractivity contribution is 6.08. The molecule has 2 amide bonds. The minimum atomic E-state index is -0.221. The Morgan fingerprint density at radius 3 is 2.14 bits per heavy atom. The highest BCUT2D eigenvalue weighted by atomic mass is 16.3. The number of carbonyl (C=O) groups excluding carboxylic acids is 2. The van der Waals surface area contributed by atoms with Crippen molar-refractivity contribution in [2.75, 3.05) is 46.7 Å². The first kappa shape index (κ1) is 29.0. The summed E-state index contributed by atoms with van der Waals surface area (Å²) >= 11 is 0. The monoisotopic (exact) mass is 589 g/mol. The number of hydrogen-bond donors (Lipinski definition) is 5. The van der Waals surface area contributed by atoms with Crippen molar-refractivity contribution < 1.29 is 19.8 Å². The molecule has 0 spiro atoms. The lowest BCUT2D eigenvalue weighted by Gasteiger charge is -2.31. The van der Waals surface area contributed by atoms with Gasteiger partial charge in [0.1, 0.15) is 0 Å². The quantitative estimate of drug-likeness (QED) is 0.149. The fourth-order valence-electron chi connectivity index (χ4n) is 5.47. The maximum Gasteiger partial charge on any atom is 0.258 e. The summed E-state index contributed by atoms with van der Waals surface area (Å²) in [7, 11) is 0. The lowest BCUT2D eigenvalue weighted by atomic mass is 10.1. The van der Waals surface area contributed by atoms with Crippen LogP contribution in [-0.4, -0.2) is 59.4 Å². The number of aromatic amines is 1. The average molecular weight is 590 g/mol. The molecule has 9 heteroatoms. The van der Waals surface area contributed by atoms with E-state index in [1.165, 1.54) is 0 Å². The lowest BCUT2D eigenvalue weighted by molar-refractivity contribution is 0.0979. The highest BCUT2D eigenvalue weighted by Crippen LogP contribution is 2.25. The van der Waals surface area contributed by atoms with Gasteiger partial charge < -0.3 is 35.6 Å². The van der Waals surface area contributed by atoms with Gasteiger partial charge in [0.25, 0.3) is 11.8 Å². The van der Waals surface area contributed by atoms with Crippen LogP contribution in [-0.2, 0) is 0 Å². The molecule has 0 unspecified atom stereocenters. The summed E-state index contributed by atoms with van der Waals surface area (Å²) in [6.07, 6.45) is 3.13. The standard InChI is InChI=1S/C35H35N5O4/c41-22-21-40(35(44)26-3-14-33-25(23-26)15-18-36-33)31-12-8-28(9-13-31)37-27-4-6-29(7-5-27)38-34(43)24-1-10-30(11-2-24)39-19-16-32(42)17-20-39/h1-15,18,23,32,36-37,41-42H,16-17,19-22H2,(H,38,43). The van der Waals surface area contributed by atoms with Crippen molar-refractivity contribution >= 4 is 51.2 Å². The number of hydrogen-bond acceptors (Lipinski definition) is 6. The van der Waals surface area contributed by atoms with Crippen molar-refractivity contribution in [1.29, 1.82) is 0 Å². The zero-order chi connectivity index (χ0) is 30.5. The van der Waals surface area contributed by atoms with E-state index in [4.69, 9.17) is 0 Å². The summed E-state index contributed by atoms with van der Waals surface area (Å²) in [5.41, 5.74) is 6.18. The van der Waals surface area contributed by atoms with Crippen molar-refractivity contribution in [3.05, 3.63) is 114 Å². The SMILES string of the molecule is O=C(Nc1ccc(Nc2ccc(N(CCO)C(=O)c3ccc4[nH]ccc4c3)cc2)cc1)c1ccc(N2CCC(O)CC2)cc1. The van der Waals surface area contributed by atoms with E-state index >= 15 is 0 Å². The molecule has 5 aromatic rings. The number of benzene rings is 4. The summed E-state index contributed by atoms with van der Waals surface area (Å²) < 4.78 is 0. The van der Waals surface area contributed by atoms with Crippen LogP contribution in [0.4, 0.5) is 28.4 Å². The average Bonchev–Trinajstić information content (AvgIpc) is 3.53. The maximum absolute atomic E-state index is 13.3. The van der Waals surface area contributed by atoms with Crippen LogP contribution in [0.1, 0.15) is 33.6 Å². The molecule has 224 valence electrons. The van der Waals surface area contributed by atoms with Gasteiger partial charge >= 0.3 is 0 Å². The number of fused-ring (bicyclic) bond motifs is 1. The number of aromatic nitrogens is 1. The van der Waals surface area contributed by atoms with Crippen LogP contribution >= 0.6 is 0 Å². The number of rotatable bonds is 9. The number of aliphatic hydroxyl groups is 2. The van der Waals surface area contributed by atoms with Gasteiger partial charge in [0.05, 0.1) is 12.7 Å². The second kappa shape index (κ2) is 13.0. The third kappa shape index (κ3) is 6.59. The molecule has 1 fully saturated rings. The molecule has 0 aliphatic carbocycles. The zero-order valence-corrected chi connectivity index (χ0v) is 24.2. The minimum Gasteiger partial charge on any atom is -0.395 e. The van der Waals surface area contributed by atoms with Crippen LogP contribution < -0.4 is 20.4 Å². The van der Waals surface area contributed by atoms with Gasteiger partial charge in [-0.15, -0.1) is 0 Å². The summed E-state index contributed by atoms with van der Waals surface area (Å²) in [6.45, 7) is 1.64. The van der Waals surface area contributed by atoms with Crippen molar-refractivity contribution in [3.8, 4) is 0 Å². The van der Waals surface area contributed by atoms with Crippen molar-refractivity contribution in [2.24, 2.45) is 0 Å². The molecule has 0 atom stereocenters. The van der Waals surface area contributed by atoms with E-state index in [2.05, 4.69) is 20.5 Å². The zero-order valence-electron chi connectivity index (χ0n) is 24.2. The number of amides is 2. The Labute approximate surface area is 255 Å².